The molecule has 6 rings (SSSR count). The summed E-state index contributed by atoms with van der Waals surface area (Å²) in [5.74, 6) is -0.398. The number of hydrogen-bond donors (Lipinski definition) is 0. The van der Waals surface area contributed by atoms with E-state index in [1.807, 2.05) is 31.2 Å². The highest BCUT2D eigenvalue weighted by Crippen LogP contribution is 2.53. The zero-order valence-corrected chi connectivity index (χ0v) is 17.5. The number of esters is 1. The van der Waals surface area contributed by atoms with Crippen LogP contribution in [0.3, 0.4) is 0 Å². The van der Waals surface area contributed by atoms with Crippen LogP contribution in [0, 0.1) is 30.6 Å². The van der Waals surface area contributed by atoms with Crippen molar-refractivity contribution in [1.29, 1.82) is 0 Å². The van der Waals surface area contributed by atoms with Gasteiger partial charge in [0.05, 0.1) is 23.1 Å². The lowest BCUT2D eigenvalue weighted by Crippen LogP contribution is -2.32. The Bertz CT molecular complexity index is 1290. The third-order valence-electron chi connectivity index (χ3n) is 7.01. The van der Waals surface area contributed by atoms with E-state index in [0.29, 0.717) is 17.0 Å². The Morgan fingerprint density at radius 2 is 1.47 bits per heavy atom. The number of allylic oxidation sites excluding steroid dienone is 2. The molecule has 1 saturated carbocycles. The molecule has 1 aliphatic heterocycles. The first kappa shape index (κ1) is 19.0. The first-order valence-corrected chi connectivity index (χ1v) is 10.9. The molecule has 5 heteroatoms. The van der Waals surface area contributed by atoms with E-state index >= 15 is 0 Å². The van der Waals surface area contributed by atoms with E-state index in [0.717, 1.165) is 17.2 Å². The number of ether oxygens (including phenoxy) is 1. The normalized spacial score (nSPS) is 25.6. The van der Waals surface area contributed by atoms with Crippen molar-refractivity contribution in [3.8, 4) is 5.75 Å². The van der Waals surface area contributed by atoms with Crippen LogP contribution in [-0.4, -0.2) is 17.8 Å². The van der Waals surface area contributed by atoms with E-state index in [9.17, 15) is 14.4 Å². The number of rotatable bonds is 3. The third kappa shape index (κ3) is 2.81. The standard InChI is InChI=1S/C27H21NO4/c1-15-2-3-18-14-22(11-8-17(18)12-15)32-27(31)16-6-9-21(10-7-16)28-25(29)23-19-4-5-20(13-19)24(23)26(28)30/h2-12,14,19-20,23-24H,13H2,1H3. The van der Waals surface area contributed by atoms with Crippen LogP contribution in [0.15, 0.2) is 72.8 Å². The minimum Gasteiger partial charge on any atom is -0.423 e. The van der Waals surface area contributed by atoms with Crippen LogP contribution in [0.1, 0.15) is 22.3 Å². The van der Waals surface area contributed by atoms with Gasteiger partial charge in [-0.05, 0) is 72.4 Å². The summed E-state index contributed by atoms with van der Waals surface area (Å²) in [7, 11) is 0. The number of imide groups is 1. The molecule has 0 radical (unpaired) electrons. The number of anilines is 1. The largest absolute Gasteiger partial charge is 0.423 e. The van der Waals surface area contributed by atoms with Crippen LogP contribution in [0.5, 0.6) is 5.75 Å². The molecule has 32 heavy (non-hydrogen) atoms. The lowest BCUT2D eigenvalue weighted by molar-refractivity contribution is -0.123. The van der Waals surface area contributed by atoms with Gasteiger partial charge in [-0.25, -0.2) is 4.79 Å². The zero-order chi connectivity index (χ0) is 22.0. The van der Waals surface area contributed by atoms with Crippen molar-refractivity contribution in [3.05, 3.63) is 83.9 Å². The van der Waals surface area contributed by atoms with E-state index in [2.05, 4.69) is 18.2 Å². The number of benzene rings is 3. The minimum atomic E-state index is -0.485. The van der Waals surface area contributed by atoms with Gasteiger partial charge in [-0.2, -0.15) is 0 Å². The van der Waals surface area contributed by atoms with Crippen molar-refractivity contribution in [2.75, 3.05) is 4.90 Å². The molecule has 3 aromatic carbocycles. The van der Waals surface area contributed by atoms with E-state index < -0.39 is 5.97 Å². The molecule has 1 heterocycles. The lowest BCUT2D eigenvalue weighted by Gasteiger charge is -2.17. The zero-order valence-electron chi connectivity index (χ0n) is 17.5. The Morgan fingerprint density at radius 3 is 2.16 bits per heavy atom. The number of hydrogen-bond acceptors (Lipinski definition) is 4. The molecule has 4 unspecified atom stereocenters. The minimum absolute atomic E-state index is 0.126. The van der Waals surface area contributed by atoms with Gasteiger partial charge < -0.3 is 4.74 Å². The van der Waals surface area contributed by atoms with Gasteiger partial charge in [-0.15, -0.1) is 0 Å². The predicted molar refractivity (Wildman–Crippen MR) is 120 cm³/mol. The SMILES string of the molecule is Cc1ccc2cc(OC(=O)c3ccc(N4C(=O)C5C6C=CC(C6)C5C4=O)cc3)ccc2c1. The van der Waals surface area contributed by atoms with Gasteiger partial charge in [-0.3, -0.25) is 14.5 Å². The summed E-state index contributed by atoms with van der Waals surface area (Å²) in [5, 5.41) is 2.08. The highest BCUT2D eigenvalue weighted by molar-refractivity contribution is 6.22. The molecule has 0 N–H and O–H groups in total. The maximum Gasteiger partial charge on any atom is 0.343 e. The molecule has 2 bridgehead atoms. The van der Waals surface area contributed by atoms with E-state index in [1.54, 1.807) is 30.3 Å². The summed E-state index contributed by atoms with van der Waals surface area (Å²) in [6.45, 7) is 2.04. The van der Waals surface area contributed by atoms with Crippen molar-refractivity contribution in [3.63, 3.8) is 0 Å². The molecule has 0 aromatic heterocycles. The summed E-state index contributed by atoms with van der Waals surface area (Å²) in [5.41, 5.74) is 2.04. The molecule has 5 nitrogen and oxygen atoms in total. The number of fused-ring (bicyclic) bond motifs is 6. The molecule has 3 aromatic rings. The number of aryl methyl sites for hydroxylation is 1. The molecular formula is C27H21NO4. The highest BCUT2D eigenvalue weighted by Gasteiger charge is 2.59. The van der Waals surface area contributed by atoms with Gasteiger partial charge >= 0.3 is 5.97 Å². The summed E-state index contributed by atoms with van der Waals surface area (Å²) in [4.78, 5) is 39.8. The Morgan fingerprint density at radius 1 is 0.844 bits per heavy atom. The van der Waals surface area contributed by atoms with Crippen LogP contribution in [0.25, 0.3) is 10.8 Å². The van der Waals surface area contributed by atoms with Crippen LogP contribution < -0.4 is 9.64 Å². The summed E-state index contributed by atoms with van der Waals surface area (Å²) >= 11 is 0. The van der Waals surface area contributed by atoms with Gasteiger partial charge in [0.15, 0.2) is 0 Å². The lowest BCUT2D eigenvalue weighted by atomic mass is 9.85. The molecule has 2 amide bonds. The van der Waals surface area contributed by atoms with Gasteiger partial charge in [0.2, 0.25) is 11.8 Å². The van der Waals surface area contributed by atoms with Crippen molar-refractivity contribution in [2.45, 2.75) is 13.3 Å². The fourth-order valence-corrected chi connectivity index (χ4v) is 5.48. The molecule has 4 atom stereocenters. The average molecular weight is 423 g/mol. The molecule has 2 fully saturated rings. The average Bonchev–Trinajstić information content (AvgIpc) is 3.48. The van der Waals surface area contributed by atoms with Crippen LogP contribution in [0.4, 0.5) is 5.69 Å². The van der Waals surface area contributed by atoms with Crippen molar-refractivity contribution >= 4 is 34.2 Å². The Hall–Kier alpha value is -3.73. The third-order valence-corrected chi connectivity index (χ3v) is 7.01. The Labute approximate surface area is 185 Å². The molecular weight excluding hydrogens is 402 g/mol. The summed E-state index contributed by atoms with van der Waals surface area (Å²) in [6, 6.07) is 18.1. The van der Waals surface area contributed by atoms with Crippen LogP contribution in [0.2, 0.25) is 0 Å². The molecule has 0 spiro atoms. The molecule has 158 valence electrons. The second-order valence-electron chi connectivity index (χ2n) is 8.96. The summed E-state index contributed by atoms with van der Waals surface area (Å²) < 4.78 is 5.55. The van der Waals surface area contributed by atoms with Crippen LogP contribution in [-0.2, 0) is 9.59 Å². The van der Waals surface area contributed by atoms with Crippen molar-refractivity contribution in [1.82, 2.24) is 0 Å². The monoisotopic (exact) mass is 423 g/mol. The number of carbonyl (C=O) groups is 3. The predicted octanol–water partition coefficient (Wildman–Crippen LogP) is 4.68. The maximum absolute atomic E-state index is 13.0. The van der Waals surface area contributed by atoms with E-state index in [-0.39, 0.29) is 35.5 Å². The Kier molecular flexibility index (Phi) is 4.09. The second kappa shape index (κ2) is 6.89. The first-order chi connectivity index (χ1) is 15.5. The number of amides is 2. The highest BCUT2D eigenvalue weighted by atomic mass is 16.5. The van der Waals surface area contributed by atoms with Crippen molar-refractivity contribution < 1.29 is 19.1 Å². The fourth-order valence-electron chi connectivity index (χ4n) is 5.48. The molecule has 1 saturated heterocycles. The smallest absolute Gasteiger partial charge is 0.343 e. The van der Waals surface area contributed by atoms with E-state index in [1.165, 1.54) is 10.5 Å². The van der Waals surface area contributed by atoms with Gasteiger partial charge in [0, 0.05) is 0 Å². The molecule has 3 aliphatic rings. The quantitative estimate of drug-likeness (QED) is 0.266. The first-order valence-electron chi connectivity index (χ1n) is 10.9. The van der Waals surface area contributed by atoms with Crippen LogP contribution >= 0.6 is 0 Å². The topological polar surface area (TPSA) is 63.7 Å². The van der Waals surface area contributed by atoms with E-state index in [4.69, 9.17) is 4.74 Å². The number of nitrogens with zero attached hydrogens (tertiary/aromatic N) is 1. The van der Waals surface area contributed by atoms with Crippen molar-refractivity contribution in [2.24, 2.45) is 23.7 Å². The second-order valence-corrected chi connectivity index (χ2v) is 8.96. The molecule has 2 aliphatic carbocycles. The number of carbonyl (C=O) groups excluding carboxylic acids is 3. The maximum atomic E-state index is 13.0. The summed E-state index contributed by atoms with van der Waals surface area (Å²) in [6.07, 6.45) is 5.06. The fraction of sp³-hybridized carbons (Fsp3) is 0.222. The van der Waals surface area contributed by atoms with Gasteiger partial charge in [0.1, 0.15) is 5.75 Å². The Balaban J connectivity index is 1.20. The van der Waals surface area contributed by atoms with Gasteiger partial charge in [0.25, 0.3) is 0 Å². The van der Waals surface area contributed by atoms with Gasteiger partial charge in [-0.1, -0.05) is 42.0 Å².